The average molecular weight is 313 g/mol. The molecule has 1 aromatic carbocycles. The van der Waals surface area contributed by atoms with Crippen LogP contribution >= 0.6 is 23.2 Å². The van der Waals surface area contributed by atoms with Crippen LogP contribution in [0.1, 0.15) is 38.2 Å². The summed E-state index contributed by atoms with van der Waals surface area (Å²) in [5.74, 6) is 0. The van der Waals surface area contributed by atoms with E-state index in [0.717, 1.165) is 40.8 Å². The molecule has 0 amide bonds. The van der Waals surface area contributed by atoms with Gasteiger partial charge in [-0.25, -0.2) is 0 Å². The maximum Gasteiger partial charge on any atom is 0.0452 e. The molecule has 0 aromatic heterocycles. The monoisotopic (exact) mass is 312 g/mol. The van der Waals surface area contributed by atoms with Crippen LogP contribution in [0.3, 0.4) is 0 Å². The van der Waals surface area contributed by atoms with Crippen molar-refractivity contribution in [3.63, 3.8) is 0 Å². The number of hydrogen-bond acceptors (Lipinski definition) is 2. The van der Waals surface area contributed by atoms with Crippen molar-refractivity contribution in [2.24, 2.45) is 0 Å². The first-order chi connectivity index (χ1) is 9.65. The predicted octanol–water partition coefficient (Wildman–Crippen LogP) is 4.10. The molecule has 110 valence electrons. The minimum Gasteiger partial charge on any atom is -0.311 e. The summed E-state index contributed by atoms with van der Waals surface area (Å²) in [5, 5.41) is 5.30. The third kappa shape index (κ3) is 3.14. The van der Waals surface area contributed by atoms with Gasteiger partial charge in [0.1, 0.15) is 0 Å². The first-order valence-corrected chi connectivity index (χ1v) is 8.35. The molecule has 2 saturated heterocycles. The normalized spacial score (nSPS) is 29.1. The Balaban J connectivity index is 1.72. The van der Waals surface area contributed by atoms with Gasteiger partial charge in [0.25, 0.3) is 0 Å². The summed E-state index contributed by atoms with van der Waals surface area (Å²) in [6.45, 7) is 4.20. The largest absolute Gasteiger partial charge is 0.311 e. The highest BCUT2D eigenvalue weighted by molar-refractivity contribution is 6.33. The maximum atomic E-state index is 6.31. The Labute approximate surface area is 131 Å². The van der Waals surface area contributed by atoms with Crippen molar-refractivity contribution in [3.05, 3.63) is 33.8 Å². The Morgan fingerprint density at radius 3 is 2.55 bits per heavy atom. The maximum absolute atomic E-state index is 6.31. The Bertz CT molecular complexity index is 466. The number of hydrogen-bond donors (Lipinski definition) is 1. The SMILES string of the molecule is CCN(Cc1cc(Cl)ccc1Cl)C1CC2CCC(C1)N2. The zero-order valence-electron chi connectivity index (χ0n) is 11.9. The minimum absolute atomic E-state index is 0.675. The molecule has 2 nitrogen and oxygen atoms in total. The van der Waals surface area contributed by atoms with E-state index in [-0.39, 0.29) is 0 Å². The van der Waals surface area contributed by atoms with E-state index in [4.69, 9.17) is 23.2 Å². The van der Waals surface area contributed by atoms with Crippen LogP contribution in [-0.2, 0) is 6.54 Å². The van der Waals surface area contributed by atoms with Gasteiger partial charge in [-0.05, 0) is 56.0 Å². The molecule has 3 rings (SSSR count). The van der Waals surface area contributed by atoms with E-state index in [1.165, 1.54) is 25.7 Å². The second kappa shape index (κ2) is 6.23. The summed E-state index contributed by atoms with van der Waals surface area (Å²) in [6.07, 6.45) is 5.22. The van der Waals surface area contributed by atoms with Crippen LogP contribution in [0.5, 0.6) is 0 Å². The first kappa shape index (κ1) is 14.6. The van der Waals surface area contributed by atoms with E-state index < -0.39 is 0 Å². The lowest BCUT2D eigenvalue weighted by Crippen LogP contribution is -2.47. The molecule has 2 aliphatic rings. The van der Waals surface area contributed by atoms with Gasteiger partial charge in [0.2, 0.25) is 0 Å². The molecule has 0 saturated carbocycles. The van der Waals surface area contributed by atoms with Crippen molar-refractivity contribution in [1.82, 2.24) is 10.2 Å². The lowest BCUT2D eigenvalue weighted by Gasteiger charge is -2.37. The first-order valence-electron chi connectivity index (χ1n) is 7.59. The van der Waals surface area contributed by atoms with Crippen LogP contribution in [0.4, 0.5) is 0 Å². The fourth-order valence-electron chi connectivity index (χ4n) is 3.71. The third-order valence-corrected chi connectivity index (χ3v) is 5.36. The second-order valence-electron chi connectivity index (χ2n) is 6.06. The molecule has 2 atom stereocenters. The fourth-order valence-corrected chi connectivity index (χ4v) is 4.08. The average Bonchev–Trinajstić information content (AvgIpc) is 2.78. The summed E-state index contributed by atoms with van der Waals surface area (Å²) in [7, 11) is 0. The molecule has 1 N–H and O–H groups in total. The number of piperidine rings is 1. The standard InChI is InChI=1S/C16H22Cl2N2/c1-2-20(10-11-7-12(17)3-6-16(11)18)15-8-13-4-5-14(9-15)19-13/h3,6-7,13-15,19H,2,4-5,8-10H2,1H3. The molecule has 2 aliphatic heterocycles. The van der Waals surface area contributed by atoms with Crippen LogP contribution in [0.15, 0.2) is 18.2 Å². The number of halogens is 2. The molecule has 0 spiro atoms. The van der Waals surface area contributed by atoms with Crippen LogP contribution in [0.25, 0.3) is 0 Å². The molecule has 4 heteroatoms. The second-order valence-corrected chi connectivity index (χ2v) is 6.91. The quantitative estimate of drug-likeness (QED) is 0.900. The predicted molar refractivity (Wildman–Crippen MR) is 85.5 cm³/mol. The number of rotatable bonds is 4. The summed E-state index contributed by atoms with van der Waals surface area (Å²) in [4.78, 5) is 2.56. The number of fused-ring (bicyclic) bond motifs is 2. The van der Waals surface area contributed by atoms with Gasteiger partial charge in [0, 0.05) is 34.7 Å². The van der Waals surface area contributed by atoms with Gasteiger partial charge in [-0.2, -0.15) is 0 Å². The minimum atomic E-state index is 0.675. The van der Waals surface area contributed by atoms with Gasteiger partial charge >= 0.3 is 0 Å². The lowest BCUT2D eigenvalue weighted by molar-refractivity contribution is 0.141. The Morgan fingerprint density at radius 2 is 1.90 bits per heavy atom. The van der Waals surface area contributed by atoms with Crippen molar-refractivity contribution in [2.45, 2.75) is 57.3 Å². The van der Waals surface area contributed by atoms with Gasteiger partial charge in [-0.3, -0.25) is 4.90 Å². The zero-order valence-corrected chi connectivity index (χ0v) is 13.4. The zero-order chi connectivity index (χ0) is 14.1. The molecule has 2 bridgehead atoms. The van der Waals surface area contributed by atoms with Crippen LogP contribution in [0, 0.1) is 0 Å². The molecule has 2 heterocycles. The van der Waals surface area contributed by atoms with Gasteiger partial charge in [0.05, 0.1) is 0 Å². The Kier molecular flexibility index (Phi) is 4.56. The summed E-state index contributed by atoms with van der Waals surface area (Å²) < 4.78 is 0. The summed E-state index contributed by atoms with van der Waals surface area (Å²) >= 11 is 12.4. The highest BCUT2D eigenvalue weighted by Crippen LogP contribution is 2.31. The van der Waals surface area contributed by atoms with Crippen molar-refractivity contribution >= 4 is 23.2 Å². The molecule has 0 aliphatic carbocycles. The molecular weight excluding hydrogens is 291 g/mol. The van der Waals surface area contributed by atoms with E-state index >= 15 is 0 Å². The van der Waals surface area contributed by atoms with Crippen LogP contribution in [0.2, 0.25) is 10.0 Å². The van der Waals surface area contributed by atoms with Gasteiger partial charge in [-0.1, -0.05) is 30.1 Å². The highest BCUT2D eigenvalue weighted by atomic mass is 35.5. The number of benzene rings is 1. The van der Waals surface area contributed by atoms with Gasteiger partial charge in [0.15, 0.2) is 0 Å². The summed E-state index contributed by atoms with van der Waals surface area (Å²) in [6, 6.07) is 7.88. The van der Waals surface area contributed by atoms with E-state index in [9.17, 15) is 0 Å². The molecule has 2 unspecified atom stereocenters. The topological polar surface area (TPSA) is 15.3 Å². The van der Waals surface area contributed by atoms with E-state index in [1.807, 2.05) is 18.2 Å². The van der Waals surface area contributed by atoms with Crippen molar-refractivity contribution in [1.29, 1.82) is 0 Å². The molecular formula is C16H22Cl2N2. The van der Waals surface area contributed by atoms with E-state index in [0.29, 0.717) is 6.04 Å². The van der Waals surface area contributed by atoms with Crippen molar-refractivity contribution < 1.29 is 0 Å². The number of nitrogens with zero attached hydrogens (tertiary/aromatic N) is 1. The van der Waals surface area contributed by atoms with Gasteiger partial charge < -0.3 is 5.32 Å². The molecule has 0 radical (unpaired) electrons. The van der Waals surface area contributed by atoms with Crippen LogP contribution < -0.4 is 5.32 Å². The van der Waals surface area contributed by atoms with Crippen LogP contribution in [-0.4, -0.2) is 29.6 Å². The fraction of sp³-hybridized carbons (Fsp3) is 0.625. The molecule has 20 heavy (non-hydrogen) atoms. The Morgan fingerprint density at radius 1 is 1.20 bits per heavy atom. The highest BCUT2D eigenvalue weighted by Gasteiger charge is 2.35. The third-order valence-electron chi connectivity index (χ3n) is 4.75. The van der Waals surface area contributed by atoms with Crippen molar-refractivity contribution in [3.8, 4) is 0 Å². The Hall–Kier alpha value is -0.280. The lowest BCUT2D eigenvalue weighted by atomic mass is 9.97. The van der Waals surface area contributed by atoms with Crippen molar-refractivity contribution in [2.75, 3.05) is 6.54 Å². The molecule has 2 fully saturated rings. The summed E-state index contributed by atoms with van der Waals surface area (Å²) in [5.41, 5.74) is 1.15. The van der Waals surface area contributed by atoms with E-state index in [1.54, 1.807) is 0 Å². The van der Waals surface area contributed by atoms with Gasteiger partial charge in [-0.15, -0.1) is 0 Å². The van der Waals surface area contributed by atoms with E-state index in [2.05, 4.69) is 17.1 Å². The number of nitrogens with one attached hydrogen (secondary N) is 1. The molecule has 1 aromatic rings. The smallest absolute Gasteiger partial charge is 0.0452 e.